The van der Waals surface area contributed by atoms with Gasteiger partial charge in [0, 0.05) is 66.9 Å². The molecule has 105 heavy (non-hydrogen) atoms. The lowest BCUT2D eigenvalue weighted by Crippen LogP contribution is -2.20. The van der Waals surface area contributed by atoms with E-state index < -0.39 is 0 Å². The summed E-state index contributed by atoms with van der Waals surface area (Å²) in [6, 6.07) is 64.8. The van der Waals surface area contributed by atoms with Crippen LogP contribution >= 0.6 is 23.2 Å². The van der Waals surface area contributed by atoms with Crippen LogP contribution in [0.25, 0.3) is 72.7 Å². The van der Waals surface area contributed by atoms with Gasteiger partial charge in [-0.3, -0.25) is 39.1 Å². The van der Waals surface area contributed by atoms with Gasteiger partial charge >= 0.3 is 0 Å². The van der Waals surface area contributed by atoms with Crippen molar-refractivity contribution in [2.24, 2.45) is 15.0 Å². The first-order chi connectivity index (χ1) is 51.2. The average molecular weight is 1430 g/mol. The summed E-state index contributed by atoms with van der Waals surface area (Å²) < 4.78 is 12.7. The third-order valence-electron chi connectivity index (χ3n) is 17.1. The highest BCUT2D eigenvalue weighted by Crippen LogP contribution is 2.31. The second-order valence-electron chi connectivity index (χ2n) is 24.9. The lowest BCUT2D eigenvalue weighted by molar-refractivity contribution is -0.117. The predicted octanol–water partition coefficient (Wildman–Crippen LogP) is 17.0. The summed E-state index contributed by atoms with van der Waals surface area (Å²) in [5, 5.41) is 12.5. The number of imidazole rings is 4. The van der Waals surface area contributed by atoms with Crippen LogP contribution in [0.5, 0.6) is 5.75 Å². The molecule has 8 heterocycles. The lowest BCUT2D eigenvalue weighted by Gasteiger charge is -2.11. The molecule has 3 aliphatic heterocycles. The molecule has 21 nitrogen and oxygen atoms in total. The first kappa shape index (κ1) is 70.7. The SMILES string of the molecule is CC(C)c1ccc(NC(=O)Cn2c(C3=CCC=N3)nc3ccccc32)cc1.COc1ccc(NC(=O)Cn2c(C3=CCC=N3)nc3ccccc32)cc1.Cc1ccc(NC(=O)Cn2c(-c3ccccn3)nc3ccccc32)cc1.O=C(Cn1c(C2=CCC=N2)nc2ccccc21)Nc1ccc(Cl)c(Cl)c1. The van der Waals surface area contributed by atoms with E-state index in [1.165, 1.54) is 5.56 Å². The Morgan fingerprint density at radius 3 is 1.13 bits per heavy atom. The molecular formula is C82H72Cl2N16O5. The number of allylic oxidation sites excluding steroid dienone is 3. The molecule has 524 valence electrons. The van der Waals surface area contributed by atoms with Gasteiger partial charge in [-0.25, -0.2) is 19.9 Å². The van der Waals surface area contributed by atoms with E-state index in [1.54, 1.807) is 31.5 Å². The third kappa shape index (κ3) is 17.3. The van der Waals surface area contributed by atoms with Crippen molar-refractivity contribution in [2.45, 2.75) is 72.1 Å². The van der Waals surface area contributed by atoms with Gasteiger partial charge in [-0.15, -0.1) is 0 Å². The Morgan fingerprint density at radius 2 is 0.771 bits per heavy atom. The van der Waals surface area contributed by atoms with Gasteiger partial charge in [-0.1, -0.05) is 121 Å². The van der Waals surface area contributed by atoms with Gasteiger partial charge in [-0.2, -0.15) is 0 Å². The maximum atomic E-state index is 12.7. The quantitative estimate of drug-likeness (QED) is 0.0632. The van der Waals surface area contributed by atoms with Gasteiger partial charge < -0.3 is 44.3 Å². The van der Waals surface area contributed by atoms with E-state index in [4.69, 9.17) is 27.9 Å². The van der Waals surface area contributed by atoms with Crippen LogP contribution in [-0.4, -0.2) is 92.6 Å². The molecule has 23 heteroatoms. The number of fused-ring (bicyclic) bond motifs is 4. The van der Waals surface area contributed by atoms with Gasteiger partial charge in [0.25, 0.3) is 0 Å². The highest BCUT2D eigenvalue weighted by atomic mass is 35.5. The zero-order valence-electron chi connectivity index (χ0n) is 57.9. The van der Waals surface area contributed by atoms with Gasteiger partial charge in [0.2, 0.25) is 23.6 Å². The Kier molecular flexibility index (Phi) is 22.2. The van der Waals surface area contributed by atoms with E-state index in [9.17, 15) is 19.2 Å². The topological polar surface area (TPSA) is 247 Å². The Hall–Kier alpha value is -12.7. The number of nitrogens with zero attached hydrogens (tertiary/aromatic N) is 12. The first-order valence-electron chi connectivity index (χ1n) is 34.0. The number of halogens is 2. The Labute approximate surface area is 615 Å². The summed E-state index contributed by atoms with van der Waals surface area (Å²) in [7, 11) is 1.61. The number of aliphatic imine (C=N–C) groups is 3. The number of anilines is 4. The molecular weight excluding hydrogens is 1360 g/mol. The fourth-order valence-electron chi connectivity index (χ4n) is 12.0. The van der Waals surface area contributed by atoms with Crippen LogP contribution in [-0.2, 0) is 45.4 Å². The molecule has 4 N–H and O–H groups in total. The highest BCUT2D eigenvalue weighted by molar-refractivity contribution is 6.42. The predicted molar refractivity (Wildman–Crippen MR) is 421 cm³/mol. The average Bonchev–Trinajstić information content (AvgIpc) is 1.66. The number of amides is 4. The fourth-order valence-corrected chi connectivity index (χ4v) is 12.3. The van der Waals surface area contributed by atoms with Crippen molar-refractivity contribution in [3.63, 3.8) is 0 Å². The maximum absolute atomic E-state index is 12.7. The summed E-state index contributed by atoms with van der Waals surface area (Å²) in [6.45, 7) is 6.95. The third-order valence-corrected chi connectivity index (χ3v) is 17.9. The van der Waals surface area contributed by atoms with Crippen molar-refractivity contribution in [1.29, 1.82) is 0 Å². The number of hydrogen-bond donors (Lipinski definition) is 4. The number of rotatable bonds is 18. The van der Waals surface area contributed by atoms with Crippen molar-refractivity contribution < 1.29 is 23.9 Å². The Bertz CT molecular complexity index is 5550. The molecule has 0 radical (unpaired) electrons. The minimum Gasteiger partial charge on any atom is -0.497 e. The molecule has 8 aromatic carbocycles. The number of pyridine rings is 1. The summed E-state index contributed by atoms with van der Waals surface area (Å²) in [5.74, 6) is 3.54. The minimum absolute atomic E-state index is 0.0840. The van der Waals surface area contributed by atoms with Crippen LogP contribution in [0, 0.1) is 6.92 Å². The molecule has 16 rings (SSSR count). The minimum atomic E-state index is -0.185. The van der Waals surface area contributed by atoms with Crippen LogP contribution in [0.15, 0.2) is 246 Å². The fraction of sp³-hybridized carbons (Fsp3) is 0.146. The number of methoxy groups -OCH3 is 1. The standard InChI is InChI=1S/C22H22N4O.C21H18N4O.C20H18N4O2.C19H14Cl2N4O/c1-15(2)16-9-11-17(12-10-16)24-21(27)14-26-20-8-4-3-6-18(20)25-22(26)19-7-5-13-23-19;1-15-9-11-16(12-10-15)23-20(26)14-25-19-8-3-2-6-17(19)24-21(25)18-7-4-5-13-22-18;1-26-15-10-8-14(9-11-15)22-19(25)13-24-18-7-3-2-5-16(18)23-20(24)17-6-4-12-21-17;20-13-8-7-12(10-14(13)21)23-18(26)11-25-17-6-2-1-4-15(17)24-19(25)16-5-3-9-22-16/h3-4,6-13,15H,5,14H2,1-2H3,(H,24,27);2-13H,14H2,1H3,(H,23,26);2-3,5-12H,4,13H2,1H3,(H,22,25);1-2,4-10H,3,11H2,(H,23,26). The summed E-state index contributed by atoms with van der Waals surface area (Å²) in [6.07, 6.45) is 15.7. The largest absolute Gasteiger partial charge is 0.497 e. The van der Waals surface area contributed by atoms with Crippen LogP contribution in [0.3, 0.4) is 0 Å². The van der Waals surface area contributed by atoms with Crippen LogP contribution in [0.2, 0.25) is 10.0 Å². The van der Waals surface area contributed by atoms with Gasteiger partial charge in [0.1, 0.15) is 54.7 Å². The molecule has 0 fully saturated rings. The monoisotopic (exact) mass is 1430 g/mol. The normalized spacial score (nSPS) is 12.6. The van der Waals surface area contributed by atoms with Gasteiger partial charge in [0.15, 0.2) is 23.3 Å². The zero-order valence-corrected chi connectivity index (χ0v) is 59.4. The first-order valence-corrected chi connectivity index (χ1v) is 34.8. The molecule has 4 amide bonds. The van der Waals surface area contributed by atoms with E-state index in [2.05, 4.69) is 87.1 Å². The van der Waals surface area contributed by atoms with Crippen LogP contribution in [0.4, 0.5) is 22.7 Å². The van der Waals surface area contributed by atoms with Crippen molar-refractivity contribution >= 4 is 149 Å². The Balaban J connectivity index is 0.000000124. The second-order valence-corrected chi connectivity index (χ2v) is 25.7. The second kappa shape index (κ2) is 32.9. The molecule has 13 aromatic rings. The van der Waals surface area contributed by atoms with Crippen molar-refractivity contribution in [3.05, 3.63) is 269 Å². The van der Waals surface area contributed by atoms with Gasteiger partial charge in [-0.05, 0) is 164 Å². The van der Waals surface area contributed by atoms with E-state index in [1.807, 2.05) is 238 Å². The number of para-hydroxylation sites is 8. The van der Waals surface area contributed by atoms with Gasteiger partial charge in [0.05, 0.1) is 61.3 Å². The number of nitrogens with one attached hydrogen (secondary N) is 4. The van der Waals surface area contributed by atoms with E-state index >= 15 is 0 Å². The highest BCUT2D eigenvalue weighted by Gasteiger charge is 2.23. The molecule has 0 bridgehead atoms. The van der Waals surface area contributed by atoms with Crippen molar-refractivity contribution in [2.75, 3.05) is 28.4 Å². The molecule has 0 aliphatic carbocycles. The molecule has 3 aliphatic rings. The van der Waals surface area contributed by atoms with Crippen LogP contribution < -0.4 is 26.0 Å². The molecule has 0 atom stereocenters. The Morgan fingerprint density at radius 1 is 0.419 bits per heavy atom. The van der Waals surface area contributed by atoms with Crippen LogP contribution in [0.1, 0.15) is 67.6 Å². The number of aryl methyl sites for hydroxylation is 1. The van der Waals surface area contributed by atoms with Crippen molar-refractivity contribution in [3.8, 4) is 17.3 Å². The molecule has 0 saturated heterocycles. The molecule has 0 saturated carbocycles. The number of aromatic nitrogens is 9. The zero-order chi connectivity index (χ0) is 72.8. The summed E-state index contributed by atoms with van der Waals surface area (Å²) >= 11 is 11.9. The number of hydrogen-bond acceptors (Lipinski definition) is 13. The summed E-state index contributed by atoms with van der Waals surface area (Å²) in [4.78, 5) is 86.7. The smallest absolute Gasteiger partial charge is 0.244 e. The number of carbonyl (C=O) groups is 4. The number of ether oxygens (including phenoxy) is 1. The molecule has 0 spiro atoms. The number of carbonyl (C=O) groups excluding carboxylic acids is 4. The molecule has 0 unspecified atom stereocenters. The molecule has 5 aromatic heterocycles. The van der Waals surface area contributed by atoms with E-state index in [0.29, 0.717) is 39.1 Å². The van der Waals surface area contributed by atoms with E-state index in [0.717, 1.165) is 120 Å². The lowest BCUT2D eigenvalue weighted by atomic mass is 10.0. The van der Waals surface area contributed by atoms with Crippen molar-refractivity contribution in [1.82, 2.24) is 43.2 Å². The summed E-state index contributed by atoms with van der Waals surface area (Å²) in [5.41, 5.74) is 15.5. The van der Waals surface area contributed by atoms with E-state index in [-0.39, 0.29) is 49.8 Å². The number of benzene rings is 8. The maximum Gasteiger partial charge on any atom is 0.244 e.